The zero-order chi connectivity index (χ0) is 19.6. The molecule has 0 saturated carbocycles. The average Bonchev–Trinajstić information content (AvgIpc) is 2.62. The van der Waals surface area contributed by atoms with Crippen molar-refractivity contribution in [3.8, 4) is 5.75 Å². The zero-order valence-electron chi connectivity index (χ0n) is 15.4. The van der Waals surface area contributed by atoms with Crippen molar-refractivity contribution in [3.05, 3.63) is 42.0 Å². The van der Waals surface area contributed by atoms with Gasteiger partial charge in [0.2, 0.25) is 0 Å². The van der Waals surface area contributed by atoms with Crippen molar-refractivity contribution in [1.82, 2.24) is 0 Å². The van der Waals surface area contributed by atoms with Crippen LogP contribution in [0.1, 0.15) is 26.3 Å². The monoisotopic (exact) mass is 364 g/mol. The molecule has 0 aliphatic heterocycles. The Morgan fingerprint density at radius 2 is 1.69 bits per heavy atom. The van der Waals surface area contributed by atoms with Crippen LogP contribution in [0, 0.1) is 0 Å². The Labute approximate surface area is 152 Å². The van der Waals surface area contributed by atoms with Crippen LogP contribution in [0.25, 0.3) is 0 Å². The maximum absolute atomic E-state index is 12.2. The van der Waals surface area contributed by atoms with Crippen LogP contribution >= 0.6 is 0 Å². The molecule has 0 saturated heterocycles. The highest BCUT2D eigenvalue weighted by atomic mass is 16.6. The van der Waals surface area contributed by atoms with Crippen molar-refractivity contribution >= 4 is 17.9 Å². The first kappa shape index (κ1) is 21.2. The summed E-state index contributed by atoms with van der Waals surface area (Å²) in [6.07, 6.45) is 3.26. The van der Waals surface area contributed by atoms with E-state index in [9.17, 15) is 14.4 Å². The number of para-hydroxylation sites is 1. The van der Waals surface area contributed by atoms with E-state index in [-0.39, 0.29) is 6.61 Å². The molecule has 0 N–H and O–H groups in total. The number of methoxy groups -OCH3 is 1. The van der Waals surface area contributed by atoms with Gasteiger partial charge in [0.15, 0.2) is 0 Å². The molecule has 0 fully saturated rings. The molecule has 0 amide bonds. The number of carbonyl (C=O) groups is 3. The molecule has 7 nitrogen and oxygen atoms in total. The molecule has 26 heavy (non-hydrogen) atoms. The third-order valence-electron chi connectivity index (χ3n) is 3.40. The first-order chi connectivity index (χ1) is 12.4. The van der Waals surface area contributed by atoms with E-state index in [1.807, 2.05) is 0 Å². The quantitative estimate of drug-likeness (QED) is 0.287. The molecule has 1 aromatic rings. The van der Waals surface area contributed by atoms with Gasteiger partial charge in [-0.25, -0.2) is 14.4 Å². The van der Waals surface area contributed by atoms with Crippen molar-refractivity contribution in [1.29, 1.82) is 0 Å². The number of carbonyl (C=O) groups excluding carboxylic acids is 3. The number of rotatable bonds is 9. The standard InChI is InChI=1S/C19H24O7/c1-5-24-16(20)13-9-11-14-10-7-8-12-15(14)26-19(3,17(21)23-4)18(22)25-6-2/h7-10,12-13H,5-6,11H2,1-4H3/b13-9+. The smallest absolute Gasteiger partial charge is 0.362 e. The highest BCUT2D eigenvalue weighted by Crippen LogP contribution is 2.26. The van der Waals surface area contributed by atoms with Gasteiger partial charge in [-0.15, -0.1) is 0 Å². The number of hydrogen-bond acceptors (Lipinski definition) is 7. The topological polar surface area (TPSA) is 88.1 Å². The summed E-state index contributed by atoms with van der Waals surface area (Å²) in [4.78, 5) is 35.7. The van der Waals surface area contributed by atoms with E-state index in [0.29, 0.717) is 24.3 Å². The fraction of sp³-hybridized carbons (Fsp3) is 0.421. The van der Waals surface area contributed by atoms with Crippen LogP contribution in [0.4, 0.5) is 0 Å². The molecule has 1 aromatic carbocycles. The molecule has 0 bridgehead atoms. The minimum Gasteiger partial charge on any atom is -0.466 e. The van der Waals surface area contributed by atoms with Crippen molar-refractivity contribution in [2.24, 2.45) is 0 Å². The summed E-state index contributed by atoms with van der Waals surface area (Å²) >= 11 is 0. The number of esters is 3. The lowest BCUT2D eigenvalue weighted by Gasteiger charge is -2.26. The van der Waals surface area contributed by atoms with Crippen LogP contribution in [0.2, 0.25) is 0 Å². The van der Waals surface area contributed by atoms with Gasteiger partial charge in [0, 0.05) is 6.08 Å². The van der Waals surface area contributed by atoms with Gasteiger partial charge >= 0.3 is 17.9 Å². The van der Waals surface area contributed by atoms with Crippen LogP contribution in [0.5, 0.6) is 5.75 Å². The molecular formula is C19H24O7. The minimum atomic E-state index is -1.94. The summed E-state index contributed by atoms with van der Waals surface area (Å²) in [5, 5.41) is 0. The Bertz CT molecular complexity index is 666. The second-order valence-corrected chi connectivity index (χ2v) is 5.31. The summed E-state index contributed by atoms with van der Waals surface area (Å²) in [6.45, 7) is 5.03. The molecule has 7 heteroatoms. The number of hydrogen-bond donors (Lipinski definition) is 0. The first-order valence-electron chi connectivity index (χ1n) is 8.24. The highest BCUT2D eigenvalue weighted by Gasteiger charge is 2.47. The van der Waals surface area contributed by atoms with Crippen molar-refractivity contribution in [2.45, 2.75) is 32.8 Å². The second kappa shape index (κ2) is 10.2. The lowest BCUT2D eigenvalue weighted by molar-refractivity contribution is -0.176. The largest absolute Gasteiger partial charge is 0.466 e. The molecule has 1 rings (SSSR count). The van der Waals surface area contributed by atoms with Crippen LogP contribution in [0.15, 0.2) is 36.4 Å². The van der Waals surface area contributed by atoms with Crippen LogP contribution in [-0.2, 0) is 35.0 Å². The fourth-order valence-electron chi connectivity index (χ4n) is 2.09. The van der Waals surface area contributed by atoms with Crippen LogP contribution in [-0.4, -0.2) is 43.8 Å². The molecule has 1 atom stereocenters. The third kappa shape index (κ3) is 5.61. The Kier molecular flexibility index (Phi) is 8.34. The number of benzene rings is 1. The van der Waals surface area contributed by atoms with Gasteiger partial charge in [-0.2, -0.15) is 0 Å². The maximum Gasteiger partial charge on any atom is 0.362 e. The summed E-state index contributed by atoms with van der Waals surface area (Å²) in [7, 11) is 1.16. The zero-order valence-corrected chi connectivity index (χ0v) is 15.4. The van der Waals surface area contributed by atoms with Gasteiger partial charge in [0.1, 0.15) is 5.75 Å². The first-order valence-corrected chi connectivity index (χ1v) is 8.24. The predicted molar refractivity (Wildman–Crippen MR) is 93.6 cm³/mol. The predicted octanol–water partition coefficient (Wildman–Crippen LogP) is 2.22. The molecule has 0 aliphatic rings. The van der Waals surface area contributed by atoms with Gasteiger partial charge in [-0.3, -0.25) is 0 Å². The number of ether oxygens (including phenoxy) is 4. The molecule has 0 spiro atoms. The molecule has 0 radical (unpaired) electrons. The van der Waals surface area contributed by atoms with E-state index in [1.54, 1.807) is 44.2 Å². The Morgan fingerprint density at radius 1 is 1.04 bits per heavy atom. The van der Waals surface area contributed by atoms with E-state index in [1.165, 1.54) is 13.0 Å². The van der Waals surface area contributed by atoms with Crippen LogP contribution < -0.4 is 4.74 Å². The molecular weight excluding hydrogens is 340 g/mol. The Morgan fingerprint density at radius 3 is 2.31 bits per heavy atom. The van der Waals surface area contributed by atoms with E-state index in [0.717, 1.165) is 7.11 Å². The molecule has 0 heterocycles. The third-order valence-corrected chi connectivity index (χ3v) is 3.40. The maximum atomic E-state index is 12.2. The Hall–Kier alpha value is -2.83. The average molecular weight is 364 g/mol. The van der Waals surface area contributed by atoms with Crippen molar-refractivity contribution in [2.75, 3.05) is 20.3 Å². The number of allylic oxidation sites excluding steroid dienone is 1. The SMILES string of the molecule is CCOC(=O)/C=C/Cc1ccccc1OC(C)(C(=O)OC)C(=O)OCC. The minimum absolute atomic E-state index is 0.0959. The van der Waals surface area contributed by atoms with Crippen molar-refractivity contribution < 1.29 is 33.3 Å². The van der Waals surface area contributed by atoms with E-state index < -0.39 is 23.5 Å². The Balaban J connectivity index is 3.05. The summed E-state index contributed by atoms with van der Waals surface area (Å²) < 4.78 is 20.2. The van der Waals surface area contributed by atoms with Gasteiger partial charge in [-0.1, -0.05) is 24.3 Å². The lowest BCUT2D eigenvalue weighted by Crippen LogP contribution is -2.51. The van der Waals surface area contributed by atoms with Gasteiger partial charge in [0.25, 0.3) is 5.60 Å². The fourth-order valence-corrected chi connectivity index (χ4v) is 2.09. The lowest BCUT2D eigenvalue weighted by atomic mass is 10.1. The van der Waals surface area contributed by atoms with E-state index >= 15 is 0 Å². The molecule has 1 unspecified atom stereocenters. The normalized spacial score (nSPS) is 12.9. The summed E-state index contributed by atoms with van der Waals surface area (Å²) in [5.41, 5.74) is -1.27. The highest BCUT2D eigenvalue weighted by molar-refractivity contribution is 6.03. The van der Waals surface area contributed by atoms with Crippen LogP contribution in [0.3, 0.4) is 0 Å². The van der Waals surface area contributed by atoms with Gasteiger partial charge in [-0.05, 0) is 38.8 Å². The van der Waals surface area contributed by atoms with Gasteiger partial charge in [0.05, 0.1) is 20.3 Å². The molecule has 0 aliphatic carbocycles. The van der Waals surface area contributed by atoms with E-state index in [4.69, 9.17) is 18.9 Å². The second-order valence-electron chi connectivity index (χ2n) is 5.31. The van der Waals surface area contributed by atoms with Crippen molar-refractivity contribution in [3.63, 3.8) is 0 Å². The summed E-state index contributed by atoms with van der Waals surface area (Å²) in [6, 6.07) is 6.86. The van der Waals surface area contributed by atoms with Gasteiger partial charge < -0.3 is 18.9 Å². The molecule has 0 aromatic heterocycles. The molecule has 142 valence electrons. The summed E-state index contributed by atoms with van der Waals surface area (Å²) in [5.74, 6) is -1.85. The van der Waals surface area contributed by atoms with E-state index in [2.05, 4.69) is 0 Å².